The predicted molar refractivity (Wildman–Crippen MR) is 82.3 cm³/mol. The number of carbonyl (C=O) groups excluding carboxylic acids is 1. The van der Waals surface area contributed by atoms with Gasteiger partial charge in [0.2, 0.25) is 0 Å². The van der Waals surface area contributed by atoms with Crippen LogP contribution in [-0.4, -0.2) is 36.1 Å². The molecule has 1 saturated heterocycles. The van der Waals surface area contributed by atoms with E-state index in [1.165, 1.54) is 38.5 Å². The van der Waals surface area contributed by atoms with Crippen molar-refractivity contribution in [3.05, 3.63) is 0 Å². The summed E-state index contributed by atoms with van der Waals surface area (Å²) in [6.07, 6.45) is 9.82. The van der Waals surface area contributed by atoms with Gasteiger partial charge >= 0.3 is 5.97 Å². The fourth-order valence-corrected chi connectivity index (χ4v) is 2.90. The Balaban J connectivity index is 0.00000162. The van der Waals surface area contributed by atoms with Crippen molar-refractivity contribution in [3.63, 3.8) is 0 Å². The van der Waals surface area contributed by atoms with E-state index in [4.69, 9.17) is 4.74 Å². The fraction of sp³-hybridized carbons (Fsp3) is 0.929. The molecule has 2 aliphatic rings. The fourth-order valence-electron chi connectivity index (χ4n) is 2.90. The first-order valence-electron chi connectivity index (χ1n) is 7.22. The van der Waals surface area contributed by atoms with Crippen LogP contribution in [0.5, 0.6) is 0 Å². The van der Waals surface area contributed by atoms with Crippen LogP contribution < -0.4 is 0 Å². The molecule has 1 heterocycles. The molecule has 0 aromatic carbocycles. The minimum Gasteiger partial charge on any atom is -0.461 e. The molecule has 0 radical (unpaired) electrons. The van der Waals surface area contributed by atoms with Gasteiger partial charge in [0, 0.05) is 0 Å². The summed E-state index contributed by atoms with van der Waals surface area (Å²) in [6.45, 7) is 4.11. The zero-order chi connectivity index (χ0) is 12.1. The molecule has 0 amide bonds. The zero-order valence-electron chi connectivity index (χ0n) is 11.8. The van der Waals surface area contributed by atoms with E-state index in [-0.39, 0.29) is 42.9 Å². The van der Waals surface area contributed by atoms with Crippen LogP contribution in [0.3, 0.4) is 0 Å². The van der Waals surface area contributed by atoms with Gasteiger partial charge in [0.05, 0.1) is 0 Å². The topological polar surface area (TPSA) is 29.5 Å². The van der Waals surface area contributed by atoms with Crippen molar-refractivity contribution in [2.24, 2.45) is 0 Å². The standard InChI is InChI=1S/C14H25NO2.2ClH/c1-12(15-10-6-3-7-11-15)14(16)17-13-8-4-2-5-9-13;;/h12-13H,2-11H2,1H3;2*1H. The molecule has 0 N–H and O–H groups in total. The molecule has 0 aromatic rings. The second kappa shape index (κ2) is 9.84. The van der Waals surface area contributed by atoms with Crippen LogP contribution in [-0.2, 0) is 9.53 Å². The van der Waals surface area contributed by atoms with Gasteiger partial charge in [0.1, 0.15) is 12.1 Å². The van der Waals surface area contributed by atoms with E-state index in [0.717, 1.165) is 25.9 Å². The van der Waals surface area contributed by atoms with E-state index in [1.807, 2.05) is 6.92 Å². The van der Waals surface area contributed by atoms with Crippen LogP contribution in [0.15, 0.2) is 0 Å². The van der Waals surface area contributed by atoms with Crippen LogP contribution >= 0.6 is 24.8 Å². The highest BCUT2D eigenvalue weighted by Crippen LogP contribution is 2.21. The molecule has 5 heteroatoms. The molecule has 1 aliphatic heterocycles. The number of piperidine rings is 1. The second-order valence-corrected chi connectivity index (χ2v) is 5.47. The maximum Gasteiger partial charge on any atom is 0.323 e. The maximum absolute atomic E-state index is 12.0. The van der Waals surface area contributed by atoms with Gasteiger partial charge in [-0.3, -0.25) is 9.69 Å². The minimum atomic E-state index is -0.0442. The van der Waals surface area contributed by atoms with Gasteiger partial charge in [-0.05, 0) is 58.5 Å². The Morgan fingerprint density at radius 1 is 1.00 bits per heavy atom. The Kier molecular flexibility index (Phi) is 9.85. The molecule has 0 aromatic heterocycles. The lowest BCUT2D eigenvalue weighted by atomic mass is 9.98. The molecule has 3 nitrogen and oxygen atoms in total. The van der Waals surface area contributed by atoms with Crippen LogP contribution in [0.4, 0.5) is 0 Å². The van der Waals surface area contributed by atoms with Crippen LogP contribution in [0.2, 0.25) is 0 Å². The molecule has 114 valence electrons. The summed E-state index contributed by atoms with van der Waals surface area (Å²) >= 11 is 0. The predicted octanol–water partition coefficient (Wildman–Crippen LogP) is 3.58. The molecule has 1 atom stereocenters. The Morgan fingerprint density at radius 2 is 1.53 bits per heavy atom. The van der Waals surface area contributed by atoms with Crippen molar-refractivity contribution in [2.45, 2.75) is 70.4 Å². The number of hydrogen-bond donors (Lipinski definition) is 0. The summed E-state index contributed by atoms with van der Waals surface area (Å²) in [5.41, 5.74) is 0. The normalized spacial score (nSPS) is 22.8. The summed E-state index contributed by atoms with van der Waals surface area (Å²) in [7, 11) is 0. The summed E-state index contributed by atoms with van der Waals surface area (Å²) in [4.78, 5) is 14.3. The van der Waals surface area contributed by atoms with Crippen LogP contribution in [0.1, 0.15) is 58.3 Å². The van der Waals surface area contributed by atoms with Crippen molar-refractivity contribution in [3.8, 4) is 0 Å². The Morgan fingerprint density at radius 3 is 2.11 bits per heavy atom. The Labute approximate surface area is 129 Å². The number of halogens is 2. The number of likely N-dealkylation sites (tertiary alicyclic amines) is 1. The van der Waals surface area contributed by atoms with Crippen molar-refractivity contribution < 1.29 is 9.53 Å². The van der Waals surface area contributed by atoms with Gasteiger partial charge in [-0.1, -0.05) is 12.8 Å². The van der Waals surface area contributed by atoms with Gasteiger partial charge in [-0.15, -0.1) is 24.8 Å². The summed E-state index contributed by atoms with van der Waals surface area (Å²) in [5, 5.41) is 0. The lowest BCUT2D eigenvalue weighted by Gasteiger charge is -2.32. The lowest BCUT2D eigenvalue weighted by molar-refractivity contribution is -0.156. The zero-order valence-corrected chi connectivity index (χ0v) is 13.4. The first kappa shape index (κ1) is 19.0. The molecule has 1 aliphatic carbocycles. The summed E-state index contributed by atoms with van der Waals surface area (Å²) in [5.74, 6) is -0.00111. The average molecular weight is 312 g/mol. The molecular weight excluding hydrogens is 285 g/mol. The van der Waals surface area contributed by atoms with Crippen molar-refractivity contribution in [1.29, 1.82) is 0 Å². The number of nitrogens with zero attached hydrogens (tertiary/aromatic N) is 1. The van der Waals surface area contributed by atoms with E-state index in [9.17, 15) is 4.79 Å². The maximum atomic E-state index is 12.0. The number of rotatable bonds is 3. The average Bonchev–Trinajstić information content (AvgIpc) is 2.40. The molecule has 2 rings (SSSR count). The SMILES string of the molecule is CC(C(=O)OC1CCCCC1)N1CCCCC1.Cl.Cl. The smallest absolute Gasteiger partial charge is 0.323 e. The van der Waals surface area contributed by atoms with E-state index >= 15 is 0 Å². The van der Waals surface area contributed by atoms with Crippen LogP contribution in [0, 0.1) is 0 Å². The Bertz CT molecular complexity index is 252. The van der Waals surface area contributed by atoms with E-state index in [1.54, 1.807) is 0 Å². The lowest BCUT2D eigenvalue weighted by Crippen LogP contribution is -2.44. The molecular formula is C14H27Cl2NO2. The largest absolute Gasteiger partial charge is 0.461 e. The number of esters is 1. The van der Waals surface area contributed by atoms with E-state index in [2.05, 4.69) is 4.90 Å². The van der Waals surface area contributed by atoms with Gasteiger partial charge in [-0.25, -0.2) is 0 Å². The number of hydrogen-bond acceptors (Lipinski definition) is 3. The third kappa shape index (κ3) is 5.88. The van der Waals surface area contributed by atoms with Gasteiger partial charge in [0.25, 0.3) is 0 Å². The van der Waals surface area contributed by atoms with Crippen LogP contribution in [0.25, 0.3) is 0 Å². The van der Waals surface area contributed by atoms with E-state index in [0.29, 0.717) is 0 Å². The highest BCUT2D eigenvalue weighted by molar-refractivity contribution is 5.85. The molecule has 0 bridgehead atoms. The Hall–Kier alpha value is 0.01000. The third-order valence-corrected chi connectivity index (χ3v) is 4.11. The second-order valence-electron chi connectivity index (χ2n) is 5.47. The van der Waals surface area contributed by atoms with Crippen molar-refractivity contribution >= 4 is 30.8 Å². The van der Waals surface area contributed by atoms with Gasteiger partial charge in [-0.2, -0.15) is 0 Å². The molecule has 1 saturated carbocycles. The van der Waals surface area contributed by atoms with Gasteiger partial charge < -0.3 is 4.74 Å². The van der Waals surface area contributed by atoms with Crippen molar-refractivity contribution in [1.82, 2.24) is 4.90 Å². The minimum absolute atomic E-state index is 0. The molecule has 19 heavy (non-hydrogen) atoms. The first-order valence-corrected chi connectivity index (χ1v) is 7.22. The summed E-state index contributed by atoms with van der Waals surface area (Å²) in [6, 6.07) is -0.0442. The van der Waals surface area contributed by atoms with Crippen molar-refractivity contribution in [2.75, 3.05) is 13.1 Å². The first-order chi connectivity index (χ1) is 8.27. The molecule has 1 unspecified atom stereocenters. The third-order valence-electron chi connectivity index (χ3n) is 4.11. The highest BCUT2D eigenvalue weighted by Gasteiger charge is 2.26. The molecule has 0 spiro atoms. The monoisotopic (exact) mass is 311 g/mol. The number of carbonyl (C=O) groups is 1. The highest BCUT2D eigenvalue weighted by atomic mass is 35.5. The number of ether oxygens (including phenoxy) is 1. The summed E-state index contributed by atoms with van der Waals surface area (Å²) < 4.78 is 5.63. The van der Waals surface area contributed by atoms with E-state index < -0.39 is 0 Å². The molecule has 2 fully saturated rings. The van der Waals surface area contributed by atoms with Gasteiger partial charge in [0.15, 0.2) is 0 Å². The quantitative estimate of drug-likeness (QED) is 0.746.